The van der Waals surface area contributed by atoms with Crippen LogP contribution in [0.4, 0.5) is 4.39 Å². The second kappa shape index (κ2) is 10.6. The summed E-state index contributed by atoms with van der Waals surface area (Å²) < 4.78 is 27.8. The van der Waals surface area contributed by atoms with Gasteiger partial charge < -0.3 is 19.7 Å². The summed E-state index contributed by atoms with van der Waals surface area (Å²) in [6, 6.07) is 3.82. The molecule has 214 valence electrons. The van der Waals surface area contributed by atoms with Crippen LogP contribution in [0.3, 0.4) is 0 Å². The standard InChI is InChI=1S/C26H30FN5O7S/c1-14-19-20(33)31(26(4,5)23(34)35)24(36)30(22(19)40-21(14)32-28-9-10-29-32)12-18(39-13-25(2,3)37)16-11-15(27)7-8-17(16)38-6/h7-11,18,37H,12-13H2,1-6H3,(H,34,35)/t18-/m0/s1. The number of carboxylic acid groups (broad SMARTS) is 1. The SMILES string of the molecule is COc1ccc(F)cc1[C@H](Cn1c(=O)n(C(C)(C)C(=O)O)c(=O)c2c(C)c(-n3nccn3)sc21)OCC(C)(C)O. The molecule has 1 aromatic carbocycles. The highest BCUT2D eigenvalue weighted by Crippen LogP contribution is 2.34. The van der Waals surface area contributed by atoms with Crippen LogP contribution in [0, 0.1) is 12.7 Å². The van der Waals surface area contributed by atoms with Crippen molar-refractivity contribution in [1.29, 1.82) is 0 Å². The van der Waals surface area contributed by atoms with Gasteiger partial charge in [0, 0.05) is 11.1 Å². The van der Waals surface area contributed by atoms with Crippen molar-refractivity contribution in [1.82, 2.24) is 24.1 Å². The van der Waals surface area contributed by atoms with Crippen molar-refractivity contribution in [3.63, 3.8) is 0 Å². The number of hydrogen-bond donors (Lipinski definition) is 2. The number of ether oxygens (including phenoxy) is 2. The van der Waals surface area contributed by atoms with Crippen molar-refractivity contribution in [2.75, 3.05) is 13.7 Å². The first-order valence-corrected chi connectivity index (χ1v) is 13.1. The highest BCUT2D eigenvalue weighted by Gasteiger charge is 2.36. The van der Waals surface area contributed by atoms with Gasteiger partial charge in [-0.15, -0.1) is 4.80 Å². The molecule has 3 aromatic heterocycles. The van der Waals surface area contributed by atoms with Crippen LogP contribution in [0.15, 0.2) is 40.2 Å². The maximum absolute atomic E-state index is 14.4. The van der Waals surface area contributed by atoms with Gasteiger partial charge in [0.05, 0.1) is 43.6 Å². The Labute approximate surface area is 231 Å². The van der Waals surface area contributed by atoms with Gasteiger partial charge in [-0.3, -0.25) is 9.36 Å². The number of benzene rings is 1. The minimum atomic E-state index is -1.91. The number of aromatic nitrogens is 5. The highest BCUT2D eigenvalue weighted by molar-refractivity contribution is 7.21. The number of thiophene rings is 1. The van der Waals surface area contributed by atoms with E-state index >= 15 is 0 Å². The van der Waals surface area contributed by atoms with Crippen LogP contribution < -0.4 is 16.0 Å². The van der Waals surface area contributed by atoms with E-state index in [1.807, 2.05) is 0 Å². The summed E-state index contributed by atoms with van der Waals surface area (Å²) in [6.45, 7) is 6.75. The summed E-state index contributed by atoms with van der Waals surface area (Å²) in [5.74, 6) is -1.70. The lowest BCUT2D eigenvalue weighted by molar-refractivity contribution is -0.146. The first kappa shape index (κ1) is 29.1. The summed E-state index contributed by atoms with van der Waals surface area (Å²) in [6.07, 6.45) is 1.87. The highest BCUT2D eigenvalue weighted by atomic mass is 32.1. The molecular weight excluding hydrogens is 545 g/mol. The van der Waals surface area contributed by atoms with Crippen LogP contribution in [0.5, 0.6) is 5.75 Å². The molecule has 0 saturated carbocycles. The van der Waals surface area contributed by atoms with E-state index in [-0.39, 0.29) is 34.7 Å². The minimum Gasteiger partial charge on any atom is -0.496 e. The molecule has 1 atom stereocenters. The number of nitrogens with zero attached hydrogens (tertiary/aromatic N) is 5. The van der Waals surface area contributed by atoms with E-state index in [9.17, 15) is 29.0 Å². The van der Waals surface area contributed by atoms with Crippen LogP contribution in [0.2, 0.25) is 0 Å². The summed E-state index contributed by atoms with van der Waals surface area (Å²) in [5, 5.41) is 29.1. The van der Waals surface area contributed by atoms with Crippen molar-refractivity contribution in [2.45, 2.75) is 58.4 Å². The molecule has 0 amide bonds. The van der Waals surface area contributed by atoms with Crippen molar-refractivity contribution < 1.29 is 28.9 Å². The fourth-order valence-electron chi connectivity index (χ4n) is 4.26. The monoisotopic (exact) mass is 575 g/mol. The van der Waals surface area contributed by atoms with E-state index in [1.165, 1.54) is 74.8 Å². The van der Waals surface area contributed by atoms with Crippen LogP contribution >= 0.6 is 11.3 Å². The third-order valence-electron chi connectivity index (χ3n) is 6.39. The summed E-state index contributed by atoms with van der Waals surface area (Å²) in [7, 11) is 1.40. The number of halogens is 1. The second-order valence-corrected chi connectivity index (χ2v) is 11.4. The summed E-state index contributed by atoms with van der Waals surface area (Å²) in [4.78, 5) is 41.4. The van der Waals surface area contributed by atoms with E-state index in [4.69, 9.17) is 9.47 Å². The van der Waals surface area contributed by atoms with Gasteiger partial charge in [-0.25, -0.2) is 18.5 Å². The fraction of sp³-hybridized carbons (Fsp3) is 0.423. The lowest BCUT2D eigenvalue weighted by Gasteiger charge is -2.27. The van der Waals surface area contributed by atoms with Crippen molar-refractivity contribution in [2.24, 2.45) is 0 Å². The normalized spacial score (nSPS) is 13.1. The molecule has 40 heavy (non-hydrogen) atoms. The average molecular weight is 576 g/mol. The second-order valence-electron chi connectivity index (χ2n) is 10.4. The molecule has 0 spiro atoms. The smallest absolute Gasteiger partial charge is 0.333 e. The number of carboxylic acids is 1. The lowest BCUT2D eigenvalue weighted by atomic mass is 10.0. The number of methoxy groups -OCH3 is 1. The molecule has 0 aliphatic carbocycles. The Bertz CT molecular complexity index is 1680. The number of carbonyl (C=O) groups is 1. The molecule has 0 fully saturated rings. The Hall–Kier alpha value is -3.88. The number of rotatable bonds is 10. The largest absolute Gasteiger partial charge is 0.496 e. The van der Waals surface area contributed by atoms with E-state index in [0.717, 1.165) is 11.3 Å². The summed E-state index contributed by atoms with van der Waals surface area (Å²) >= 11 is 1.07. The van der Waals surface area contributed by atoms with E-state index in [1.54, 1.807) is 6.92 Å². The van der Waals surface area contributed by atoms with E-state index in [2.05, 4.69) is 10.2 Å². The molecule has 3 heterocycles. The minimum absolute atomic E-state index is 0.110. The molecule has 0 bridgehead atoms. The molecule has 2 N–H and O–H groups in total. The first-order chi connectivity index (χ1) is 18.7. The van der Waals surface area contributed by atoms with Gasteiger partial charge in [-0.2, -0.15) is 10.2 Å². The topological polar surface area (TPSA) is 151 Å². The number of hydrogen-bond acceptors (Lipinski definition) is 9. The van der Waals surface area contributed by atoms with Crippen LogP contribution in [0.25, 0.3) is 15.2 Å². The van der Waals surface area contributed by atoms with Gasteiger partial charge in [0.25, 0.3) is 5.56 Å². The fourth-order valence-corrected chi connectivity index (χ4v) is 5.48. The van der Waals surface area contributed by atoms with Crippen LogP contribution in [-0.2, 0) is 21.6 Å². The molecule has 4 aromatic rings. The van der Waals surface area contributed by atoms with Crippen molar-refractivity contribution in [3.05, 3.63) is 68.4 Å². The zero-order valence-electron chi connectivity index (χ0n) is 22.8. The first-order valence-electron chi connectivity index (χ1n) is 12.2. The third kappa shape index (κ3) is 5.29. The van der Waals surface area contributed by atoms with Gasteiger partial charge in [0.15, 0.2) is 0 Å². The number of aliphatic carboxylic acids is 1. The zero-order chi connectivity index (χ0) is 29.6. The Balaban J connectivity index is 2.04. The maximum atomic E-state index is 14.4. The van der Waals surface area contributed by atoms with E-state index < -0.39 is 40.3 Å². The molecular formula is C26H30FN5O7S. The Kier molecular flexibility index (Phi) is 7.71. The van der Waals surface area contributed by atoms with Gasteiger partial charge in [-0.1, -0.05) is 11.3 Å². The number of aliphatic hydroxyl groups is 1. The average Bonchev–Trinajstić information content (AvgIpc) is 3.51. The van der Waals surface area contributed by atoms with E-state index in [0.29, 0.717) is 15.1 Å². The van der Waals surface area contributed by atoms with Gasteiger partial charge in [0.1, 0.15) is 33.0 Å². The maximum Gasteiger partial charge on any atom is 0.333 e. The predicted molar refractivity (Wildman–Crippen MR) is 145 cm³/mol. The van der Waals surface area contributed by atoms with Gasteiger partial charge >= 0.3 is 11.7 Å². The van der Waals surface area contributed by atoms with Gasteiger partial charge in [-0.05, 0) is 52.8 Å². The Morgan fingerprint density at radius 2 is 1.82 bits per heavy atom. The van der Waals surface area contributed by atoms with Crippen molar-refractivity contribution in [3.8, 4) is 10.8 Å². The quantitative estimate of drug-likeness (QED) is 0.291. The molecule has 14 heteroatoms. The Morgan fingerprint density at radius 1 is 1.18 bits per heavy atom. The molecule has 4 rings (SSSR count). The molecule has 0 saturated heterocycles. The molecule has 12 nitrogen and oxygen atoms in total. The number of fused-ring (bicyclic) bond motifs is 1. The van der Waals surface area contributed by atoms with Gasteiger partial charge in [0.2, 0.25) is 0 Å². The lowest BCUT2D eigenvalue weighted by Crippen LogP contribution is -2.52. The molecule has 0 aliphatic heterocycles. The Morgan fingerprint density at radius 3 is 2.40 bits per heavy atom. The van der Waals surface area contributed by atoms with Crippen LogP contribution in [-0.4, -0.2) is 59.6 Å². The van der Waals surface area contributed by atoms with Crippen molar-refractivity contribution >= 4 is 27.5 Å². The summed E-state index contributed by atoms with van der Waals surface area (Å²) in [5.41, 5.74) is -4.18. The zero-order valence-corrected chi connectivity index (χ0v) is 23.7. The number of aryl methyl sites for hydroxylation is 1. The molecule has 0 unspecified atom stereocenters. The predicted octanol–water partition coefficient (Wildman–Crippen LogP) is 2.61. The molecule has 0 radical (unpaired) electrons. The third-order valence-corrected chi connectivity index (χ3v) is 7.68. The molecule has 0 aliphatic rings. The van der Waals surface area contributed by atoms with Crippen LogP contribution in [0.1, 0.15) is 44.9 Å².